The summed E-state index contributed by atoms with van der Waals surface area (Å²) in [5.74, 6) is 2.08. The van der Waals surface area contributed by atoms with Gasteiger partial charge in [-0.2, -0.15) is 0 Å². The number of carbonyl (C=O) groups excluding carboxylic acids is 1. The lowest BCUT2D eigenvalue weighted by molar-refractivity contribution is -0.122. The summed E-state index contributed by atoms with van der Waals surface area (Å²) in [7, 11) is 3.81. The molecule has 0 saturated heterocycles. The average Bonchev–Trinajstić information content (AvgIpc) is 3.26. The van der Waals surface area contributed by atoms with Gasteiger partial charge in [0.15, 0.2) is 11.5 Å². The number of fused-ring (bicyclic) bond motifs is 3. The lowest BCUT2D eigenvalue weighted by Crippen LogP contribution is -2.34. The Bertz CT molecular complexity index is 1030. The number of hydrogen-bond acceptors (Lipinski definition) is 7. The second-order valence-corrected chi connectivity index (χ2v) is 9.13. The summed E-state index contributed by atoms with van der Waals surface area (Å²) in [5.41, 5.74) is 3.64. The van der Waals surface area contributed by atoms with Crippen LogP contribution in [0.2, 0.25) is 0 Å². The van der Waals surface area contributed by atoms with Gasteiger partial charge in [0.1, 0.15) is 18.0 Å². The molecule has 0 fully saturated rings. The van der Waals surface area contributed by atoms with Crippen molar-refractivity contribution in [2.24, 2.45) is 0 Å². The van der Waals surface area contributed by atoms with Gasteiger partial charge in [0, 0.05) is 31.0 Å². The van der Waals surface area contributed by atoms with E-state index in [4.69, 9.17) is 29.2 Å². The highest BCUT2D eigenvalue weighted by Gasteiger charge is 2.40. The fraction of sp³-hybridized carbons (Fsp3) is 0.448. The van der Waals surface area contributed by atoms with Crippen LogP contribution in [0.1, 0.15) is 49.3 Å². The molecular weight excluding hydrogens is 488 g/mol. The molecule has 3 atom stereocenters. The number of amides is 1. The van der Waals surface area contributed by atoms with Crippen LogP contribution in [0.3, 0.4) is 0 Å². The molecule has 3 N–H and O–H groups in total. The SMILES string of the molecule is CCCN(C)Cc1ccc(OC)c2c1C1C=CC(OC(=O)NCC)CC1O2.Cc1ccc(O)cc1.O=CO. The van der Waals surface area contributed by atoms with E-state index in [-0.39, 0.29) is 30.7 Å². The van der Waals surface area contributed by atoms with Crippen molar-refractivity contribution >= 4 is 12.6 Å². The maximum Gasteiger partial charge on any atom is 0.407 e. The highest BCUT2D eigenvalue weighted by molar-refractivity contribution is 5.67. The molecule has 0 radical (unpaired) electrons. The van der Waals surface area contributed by atoms with Crippen molar-refractivity contribution in [1.82, 2.24) is 10.2 Å². The molecule has 1 aliphatic heterocycles. The Balaban J connectivity index is 0.000000385. The van der Waals surface area contributed by atoms with Crippen LogP contribution >= 0.6 is 0 Å². The van der Waals surface area contributed by atoms with Crippen molar-refractivity contribution in [2.75, 3.05) is 27.2 Å². The van der Waals surface area contributed by atoms with Gasteiger partial charge in [-0.3, -0.25) is 4.79 Å². The van der Waals surface area contributed by atoms with Gasteiger partial charge in [-0.1, -0.05) is 36.8 Å². The number of carbonyl (C=O) groups is 2. The van der Waals surface area contributed by atoms with E-state index in [0.717, 1.165) is 31.0 Å². The van der Waals surface area contributed by atoms with Gasteiger partial charge in [0.25, 0.3) is 6.47 Å². The number of phenolic OH excluding ortho intramolecular Hbond substituents is 1. The fourth-order valence-electron chi connectivity index (χ4n) is 4.49. The predicted molar refractivity (Wildman–Crippen MR) is 146 cm³/mol. The van der Waals surface area contributed by atoms with Crippen LogP contribution in [0.5, 0.6) is 17.2 Å². The Kier molecular flexibility index (Phi) is 12.5. The molecule has 1 aliphatic carbocycles. The first-order valence-corrected chi connectivity index (χ1v) is 12.8. The average molecular weight is 529 g/mol. The summed E-state index contributed by atoms with van der Waals surface area (Å²) in [6.45, 7) is 8.27. The first kappa shape index (κ1) is 30.5. The molecule has 0 aromatic heterocycles. The zero-order chi connectivity index (χ0) is 28.1. The number of ether oxygens (including phenoxy) is 3. The predicted octanol–water partition coefficient (Wildman–Crippen LogP) is 4.86. The Morgan fingerprint density at radius 3 is 2.45 bits per heavy atom. The maximum atomic E-state index is 11.7. The fourth-order valence-corrected chi connectivity index (χ4v) is 4.49. The minimum Gasteiger partial charge on any atom is -0.508 e. The largest absolute Gasteiger partial charge is 0.508 e. The van der Waals surface area contributed by atoms with Crippen LogP contribution in [0.15, 0.2) is 48.6 Å². The first-order chi connectivity index (χ1) is 18.3. The third-order valence-electron chi connectivity index (χ3n) is 6.13. The van der Waals surface area contributed by atoms with E-state index in [1.54, 1.807) is 19.2 Å². The van der Waals surface area contributed by atoms with E-state index >= 15 is 0 Å². The Morgan fingerprint density at radius 2 is 1.87 bits per heavy atom. The van der Waals surface area contributed by atoms with Gasteiger partial charge in [0.05, 0.1) is 7.11 Å². The van der Waals surface area contributed by atoms with E-state index < -0.39 is 0 Å². The van der Waals surface area contributed by atoms with Crippen LogP contribution in [0.4, 0.5) is 4.79 Å². The summed E-state index contributed by atoms with van der Waals surface area (Å²) in [6.07, 6.45) is 5.15. The Hall–Kier alpha value is -3.72. The number of rotatable bonds is 7. The monoisotopic (exact) mass is 528 g/mol. The van der Waals surface area contributed by atoms with Crippen molar-refractivity contribution in [3.05, 3.63) is 65.2 Å². The zero-order valence-electron chi connectivity index (χ0n) is 22.8. The highest BCUT2D eigenvalue weighted by Crippen LogP contribution is 2.49. The van der Waals surface area contributed by atoms with Gasteiger partial charge in [-0.25, -0.2) is 4.79 Å². The van der Waals surface area contributed by atoms with Crippen LogP contribution in [-0.4, -0.2) is 67.1 Å². The third-order valence-corrected chi connectivity index (χ3v) is 6.13. The molecule has 4 rings (SSSR count). The van der Waals surface area contributed by atoms with Crippen LogP contribution < -0.4 is 14.8 Å². The molecule has 208 valence electrons. The van der Waals surface area contributed by atoms with Gasteiger partial charge in [0.2, 0.25) is 0 Å². The Morgan fingerprint density at radius 1 is 1.18 bits per heavy atom. The number of methoxy groups -OCH3 is 1. The summed E-state index contributed by atoms with van der Waals surface area (Å²) >= 11 is 0. The van der Waals surface area contributed by atoms with Crippen molar-refractivity contribution in [3.8, 4) is 17.2 Å². The van der Waals surface area contributed by atoms with Crippen molar-refractivity contribution < 1.29 is 34.0 Å². The van der Waals surface area contributed by atoms with E-state index in [1.165, 1.54) is 16.7 Å². The number of aromatic hydroxyl groups is 1. The van der Waals surface area contributed by atoms with Crippen molar-refractivity contribution in [1.29, 1.82) is 0 Å². The molecule has 0 saturated carbocycles. The highest BCUT2D eigenvalue weighted by atomic mass is 16.6. The lowest BCUT2D eigenvalue weighted by atomic mass is 9.85. The molecule has 2 aliphatic rings. The van der Waals surface area contributed by atoms with E-state index in [0.29, 0.717) is 18.7 Å². The minimum atomic E-state index is -0.388. The van der Waals surface area contributed by atoms with E-state index in [1.807, 2.05) is 38.1 Å². The van der Waals surface area contributed by atoms with E-state index in [9.17, 15) is 4.79 Å². The number of carboxylic acid groups (broad SMARTS) is 1. The number of phenols is 1. The van der Waals surface area contributed by atoms with Crippen LogP contribution in [0.25, 0.3) is 0 Å². The number of hydrogen-bond donors (Lipinski definition) is 3. The zero-order valence-corrected chi connectivity index (χ0v) is 22.8. The maximum absolute atomic E-state index is 11.7. The topological polar surface area (TPSA) is 118 Å². The molecule has 9 nitrogen and oxygen atoms in total. The number of alkyl carbamates (subject to hydrolysis) is 1. The molecule has 9 heteroatoms. The molecule has 38 heavy (non-hydrogen) atoms. The van der Waals surface area contributed by atoms with Crippen molar-refractivity contribution in [2.45, 2.75) is 58.3 Å². The molecule has 0 spiro atoms. The number of nitrogens with one attached hydrogen (secondary N) is 1. The molecule has 2 aromatic rings. The van der Waals surface area contributed by atoms with Gasteiger partial charge < -0.3 is 34.6 Å². The number of aryl methyl sites for hydroxylation is 1. The number of nitrogens with zero attached hydrogens (tertiary/aromatic N) is 1. The third kappa shape index (κ3) is 8.69. The molecule has 2 aromatic carbocycles. The molecule has 3 unspecified atom stereocenters. The lowest BCUT2D eigenvalue weighted by Gasteiger charge is -2.26. The summed E-state index contributed by atoms with van der Waals surface area (Å²) in [6, 6.07) is 11.2. The van der Waals surface area contributed by atoms with Gasteiger partial charge in [-0.05, 0) is 63.7 Å². The minimum absolute atomic E-state index is 0.0454. The van der Waals surface area contributed by atoms with Crippen LogP contribution in [-0.2, 0) is 16.1 Å². The quantitative estimate of drug-likeness (QED) is 0.345. The summed E-state index contributed by atoms with van der Waals surface area (Å²) in [5, 5.41) is 18.3. The normalized spacial score (nSPS) is 18.4. The summed E-state index contributed by atoms with van der Waals surface area (Å²) in [4.78, 5) is 22.4. The smallest absolute Gasteiger partial charge is 0.407 e. The van der Waals surface area contributed by atoms with Gasteiger partial charge >= 0.3 is 6.09 Å². The Labute approximate surface area is 225 Å². The second kappa shape index (κ2) is 15.5. The molecule has 0 bridgehead atoms. The number of benzene rings is 2. The molecule has 1 heterocycles. The molecule has 1 amide bonds. The van der Waals surface area contributed by atoms with Crippen molar-refractivity contribution in [3.63, 3.8) is 0 Å². The second-order valence-electron chi connectivity index (χ2n) is 9.13. The summed E-state index contributed by atoms with van der Waals surface area (Å²) < 4.78 is 17.3. The molecular formula is C29H40N2O7. The van der Waals surface area contributed by atoms with E-state index in [2.05, 4.69) is 36.3 Å². The van der Waals surface area contributed by atoms with Gasteiger partial charge in [-0.15, -0.1) is 0 Å². The first-order valence-electron chi connectivity index (χ1n) is 12.8. The standard InChI is InChI=1S/C21H30N2O4.C7H8O.CH2O2/c1-5-11-23(3)13-14-7-10-17(25-4)20-19(14)16-9-8-15(12-18(16)27-20)26-21(24)22-6-2;1-6-2-4-7(8)5-3-6;2-1-3/h7-10,15-16,18H,5-6,11-13H2,1-4H3,(H,22,24);2-5,8H,1H3;1H,(H,2,3). The van der Waals surface area contributed by atoms with Crippen LogP contribution in [0, 0.1) is 6.92 Å².